The van der Waals surface area contributed by atoms with E-state index in [1.165, 1.54) is 5.56 Å². The maximum absolute atomic E-state index is 11.4. The molecule has 1 aromatic rings. The second-order valence-electron chi connectivity index (χ2n) is 5.46. The summed E-state index contributed by atoms with van der Waals surface area (Å²) in [6, 6.07) is 10.5. The molecule has 0 radical (unpaired) electrons. The molecule has 3 nitrogen and oxygen atoms in total. The van der Waals surface area contributed by atoms with Gasteiger partial charge in [0.05, 0.1) is 5.92 Å². The summed E-state index contributed by atoms with van der Waals surface area (Å²) in [5, 5.41) is 3.36. The number of nitrogens with two attached hydrogens (primary N) is 1. The summed E-state index contributed by atoms with van der Waals surface area (Å²) in [6.07, 6.45) is 3.10. The monoisotopic (exact) mass is 230 g/mol. The highest BCUT2D eigenvalue weighted by molar-refractivity contribution is 5.79. The molecular weight excluding hydrogens is 212 g/mol. The predicted octanol–water partition coefficient (Wildman–Crippen LogP) is 1.08. The fraction of sp³-hybridized carbons (Fsp3) is 0.500. The van der Waals surface area contributed by atoms with Crippen LogP contribution in [0.5, 0.6) is 0 Å². The van der Waals surface area contributed by atoms with Crippen LogP contribution in [0.15, 0.2) is 30.3 Å². The van der Waals surface area contributed by atoms with Crippen LogP contribution in [0.2, 0.25) is 0 Å². The van der Waals surface area contributed by atoms with Gasteiger partial charge in [-0.15, -0.1) is 0 Å². The van der Waals surface area contributed by atoms with Crippen molar-refractivity contribution >= 4 is 5.91 Å². The quantitative estimate of drug-likeness (QED) is 0.763. The lowest BCUT2D eigenvalue weighted by Gasteiger charge is -2.11. The number of nitrogens with one attached hydrogen (secondary N) is 1. The Labute approximate surface area is 101 Å². The van der Waals surface area contributed by atoms with Crippen LogP contribution in [-0.4, -0.2) is 18.0 Å². The van der Waals surface area contributed by atoms with Crippen molar-refractivity contribution in [2.75, 3.05) is 6.54 Å². The van der Waals surface area contributed by atoms with E-state index in [0.29, 0.717) is 5.92 Å². The van der Waals surface area contributed by atoms with E-state index in [0.717, 1.165) is 25.8 Å². The van der Waals surface area contributed by atoms with Gasteiger partial charge in [-0.05, 0) is 30.7 Å². The molecule has 3 rings (SSSR count). The number of amides is 1. The van der Waals surface area contributed by atoms with Gasteiger partial charge in [0.15, 0.2) is 0 Å². The second kappa shape index (κ2) is 3.84. The number of benzene rings is 1. The van der Waals surface area contributed by atoms with E-state index >= 15 is 0 Å². The number of hydrogen-bond acceptors (Lipinski definition) is 2. The van der Waals surface area contributed by atoms with Crippen molar-refractivity contribution in [3.05, 3.63) is 35.9 Å². The van der Waals surface area contributed by atoms with Crippen molar-refractivity contribution in [1.82, 2.24) is 5.32 Å². The van der Waals surface area contributed by atoms with Gasteiger partial charge in [-0.25, -0.2) is 0 Å². The highest BCUT2D eigenvalue weighted by Crippen LogP contribution is 2.46. The first kappa shape index (κ1) is 10.8. The normalized spacial score (nSPS) is 35.1. The summed E-state index contributed by atoms with van der Waals surface area (Å²) >= 11 is 0. The topological polar surface area (TPSA) is 65.0 Å². The molecule has 1 saturated carbocycles. The lowest BCUT2D eigenvalue weighted by molar-refractivity contribution is -0.122. The molecule has 2 aliphatic rings. The molecule has 3 heteroatoms. The molecule has 17 heavy (non-hydrogen) atoms. The van der Waals surface area contributed by atoms with Gasteiger partial charge in [-0.3, -0.25) is 4.79 Å². The average Bonchev–Trinajstić information content (AvgIpc) is 2.97. The molecular formula is C14H18N2O. The first-order valence-corrected chi connectivity index (χ1v) is 6.28. The largest absolute Gasteiger partial charge is 0.369 e. The number of carbonyl (C=O) groups excluding carboxylic acids is 1. The SMILES string of the molecule is NC(=O)C1CC(Cc2ccccc2)CC12CN2. The van der Waals surface area contributed by atoms with Gasteiger partial charge in [-0.2, -0.15) is 0 Å². The van der Waals surface area contributed by atoms with Crippen LogP contribution in [0.3, 0.4) is 0 Å². The molecule has 0 bridgehead atoms. The molecule has 2 fully saturated rings. The van der Waals surface area contributed by atoms with Gasteiger partial charge in [0.2, 0.25) is 5.91 Å². The van der Waals surface area contributed by atoms with Crippen molar-refractivity contribution in [3.63, 3.8) is 0 Å². The van der Waals surface area contributed by atoms with Crippen molar-refractivity contribution in [3.8, 4) is 0 Å². The van der Waals surface area contributed by atoms with Crippen molar-refractivity contribution in [1.29, 1.82) is 0 Å². The van der Waals surface area contributed by atoms with Gasteiger partial charge < -0.3 is 11.1 Å². The highest BCUT2D eigenvalue weighted by atomic mass is 16.1. The van der Waals surface area contributed by atoms with Crippen molar-refractivity contribution in [2.45, 2.75) is 24.8 Å². The summed E-state index contributed by atoms with van der Waals surface area (Å²) in [5.74, 6) is 0.492. The Kier molecular flexibility index (Phi) is 2.44. The van der Waals surface area contributed by atoms with Crippen LogP contribution in [0.1, 0.15) is 18.4 Å². The number of hydrogen-bond donors (Lipinski definition) is 2. The Bertz CT molecular complexity index is 425. The molecule has 3 atom stereocenters. The summed E-state index contributed by atoms with van der Waals surface area (Å²) in [7, 11) is 0. The lowest BCUT2D eigenvalue weighted by atomic mass is 9.96. The van der Waals surface area contributed by atoms with E-state index in [2.05, 4.69) is 29.6 Å². The third-order valence-electron chi connectivity index (χ3n) is 4.23. The predicted molar refractivity (Wildman–Crippen MR) is 66.3 cm³/mol. The maximum atomic E-state index is 11.4. The maximum Gasteiger partial charge on any atom is 0.222 e. The summed E-state index contributed by atoms with van der Waals surface area (Å²) in [4.78, 5) is 11.4. The Hall–Kier alpha value is -1.35. The first-order chi connectivity index (χ1) is 8.20. The smallest absolute Gasteiger partial charge is 0.222 e. The molecule has 1 aliphatic heterocycles. The van der Waals surface area contributed by atoms with Crippen LogP contribution in [0.4, 0.5) is 0 Å². The Morgan fingerprint density at radius 2 is 2.12 bits per heavy atom. The summed E-state index contributed by atoms with van der Waals surface area (Å²) < 4.78 is 0. The minimum atomic E-state index is -0.134. The van der Waals surface area contributed by atoms with E-state index in [4.69, 9.17) is 5.73 Å². The van der Waals surface area contributed by atoms with E-state index in [1.807, 2.05) is 6.07 Å². The molecule has 1 amide bonds. The van der Waals surface area contributed by atoms with E-state index in [1.54, 1.807) is 0 Å². The van der Waals surface area contributed by atoms with Crippen LogP contribution in [0.25, 0.3) is 0 Å². The fourth-order valence-corrected chi connectivity index (χ4v) is 3.30. The number of rotatable bonds is 3. The highest BCUT2D eigenvalue weighted by Gasteiger charge is 2.57. The van der Waals surface area contributed by atoms with Crippen LogP contribution in [0, 0.1) is 11.8 Å². The number of primary amides is 1. The molecule has 3 N–H and O–H groups in total. The van der Waals surface area contributed by atoms with Gasteiger partial charge in [-0.1, -0.05) is 30.3 Å². The van der Waals surface area contributed by atoms with Crippen LogP contribution in [-0.2, 0) is 11.2 Å². The van der Waals surface area contributed by atoms with Gasteiger partial charge in [0, 0.05) is 12.1 Å². The van der Waals surface area contributed by atoms with Crippen molar-refractivity contribution < 1.29 is 4.79 Å². The zero-order valence-corrected chi connectivity index (χ0v) is 9.86. The summed E-state index contributed by atoms with van der Waals surface area (Å²) in [6.45, 7) is 0.964. The number of carbonyl (C=O) groups is 1. The van der Waals surface area contributed by atoms with E-state index in [9.17, 15) is 4.79 Å². The second-order valence-corrected chi connectivity index (χ2v) is 5.46. The third kappa shape index (κ3) is 1.95. The molecule has 1 spiro atoms. The zero-order chi connectivity index (χ0) is 11.9. The first-order valence-electron chi connectivity index (χ1n) is 6.28. The molecule has 1 aromatic carbocycles. The van der Waals surface area contributed by atoms with E-state index < -0.39 is 0 Å². The standard InChI is InChI=1S/C14H18N2O/c15-13(17)12-7-11(8-14(12)9-16-14)6-10-4-2-1-3-5-10/h1-5,11-12,16H,6-9H2,(H2,15,17). The minimum Gasteiger partial charge on any atom is -0.369 e. The van der Waals surface area contributed by atoms with Gasteiger partial charge >= 0.3 is 0 Å². The van der Waals surface area contributed by atoms with Gasteiger partial charge in [0.1, 0.15) is 0 Å². The van der Waals surface area contributed by atoms with E-state index in [-0.39, 0.29) is 17.4 Å². The average molecular weight is 230 g/mol. The molecule has 1 aliphatic carbocycles. The molecule has 1 heterocycles. The molecule has 0 aromatic heterocycles. The molecule has 1 saturated heterocycles. The summed E-state index contributed by atoms with van der Waals surface area (Å²) in [5.41, 5.74) is 6.91. The minimum absolute atomic E-state index is 0.0382. The fourth-order valence-electron chi connectivity index (χ4n) is 3.30. The lowest BCUT2D eigenvalue weighted by Crippen LogP contribution is -2.33. The Balaban J connectivity index is 1.69. The molecule has 90 valence electrons. The zero-order valence-electron chi connectivity index (χ0n) is 9.86. The van der Waals surface area contributed by atoms with Crippen LogP contribution < -0.4 is 11.1 Å². The third-order valence-corrected chi connectivity index (χ3v) is 4.23. The molecule has 3 unspecified atom stereocenters. The van der Waals surface area contributed by atoms with Gasteiger partial charge in [0.25, 0.3) is 0 Å². The Morgan fingerprint density at radius 3 is 2.65 bits per heavy atom. The van der Waals surface area contributed by atoms with Crippen LogP contribution >= 0.6 is 0 Å². The van der Waals surface area contributed by atoms with Crippen molar-refractivity contribution in [2.24, 2.45) is 17.6 Å². The Morgan fingerprint density at radius 1 is 1.41 bits per heavy atom.